The van der Waals surface area contributed by atoms with Gasteiger partial charge in [0, 0.05) is 56.7 Å². The van der Waals surface area contributed by atoms with Gasteiger partial charge < -0.3 is 19.9 Å². The number of nitrogens with one attached hydrogen (secondary N) is 2. The molecular weight excluding hydrogens is 368 g/mol. The fraction of sp³-hybridized carbons (Fsp3) is 0.818. The molecule has 2 fully saturated rings. The Morgan fingerprint density at radius 1 is 1.38 bits per heavy atom. The van der Waals surface area contributed by atoms with Crippen LogP contribution >= 0.6 is 0 Å². The molecule has 0 aliphatic carbocycles. The van der Waals surface area contributed by atoms with Gasteiger partial charge in [-0.05, 0) is 53.5 Å². The van der Waals surface area contributed by atoms with Gasteiger partial charge in [0.15, 0.2) is 0 Å². The lowest BCUT2D eigenvalue weighted by molar-refractivity contribution is -0.132. The summed E-state index contributed by atoms with van der Waals surface area (Å²) < 4.78 is 11.1. The van der Waals surface area contributed by atoms with Gasteiger partial charge in [0.2, 0.25) is 5.91 Å². The minimum atomic E-state index is -0.471. The highest BCUT2D eigenvalue weighted by molar-refractivity contribution is 5.83. The molecule has 2 aliphatic rings. The number of hydrogen-bond donors (Lipinski definition) is 2. The summed E-state index contributed by atoms with van der Waals surface area (Å²) in [5, 5.41) is 10.9. The van der Waals surface area contributed by atoms with E-state index in [0.717, 1.165) is 50.4 Å². The van der Waals surface area contributed by atoms with Crippen molar-refractivity contribution in [2.45, 2.75) is 71.4 Å². The van der Waals surface area contributed by atoms with Crippen molar-refractivity contribution in [3.63, 3.8) is 0 Å². The summed E-state index contributed by atoms with van der Waals surface area (Å²) in [7, 11) is 0. The first-order chi connectivity index (χ1) is 13.9. The maximum absolute atomic E-state index is 13.3. The summed E-state index contributed by atoms with van der Waals surface area (Å²) in [4.78, 5) is 15.7. The van der Waals surface area contributed by atoms with Crippen LogP contribution in [0.15, 0.2) is 10.6 Å². The third-order valence-electron chi connectivity index (χ3n) is 6.37. The molecule has 7 nitrogen and oxygen atoms in total. The molecule has 0 saturated carbocycles. The van der Waals surface area contributed by atoms with Gasteiger partial charge in [-0.3, -0.25) is 9.69 Å². The third-order valence-corrected chi connectivity index (χ3v) is 6.37. The van der Waals surface area contributed by atoms with Gasteiger partial charge in [0.05, 0.1) is 17.7 Å². The SMILES string of the molecule is CC(C)N(CCNC(=O)C1(Cc2cc(C3CCOC3)no2)CCCNC1)C(C)C. The van der Waals surface area contributed by atoms with Crippen LogP contribution in [-0.4, -0.2) is 67.4 Å². The minimum Gasteiger partial charge on any atom is -0.381 e. The van der Waals surface area contributed by atoms with Crippen LogP contribution in [0.1, 0.15) is 64.3 Å². The van der Waals surface area contributed by atoms with E-state index in [1.807, 2.05) is 6.07 Å². The maximum atomic E-state index is 13.3. The lowest BCUT2D eigenvalue weighted by Crippen LogP contribution is -2.53. The van der Waals surface area contributed by atoms with Crippen LogP contribution in [0.3, 0.4) is 0 Å². The molecule has 1 amide bonds. The maximum Gasteiger partial charge on any atom is 0.228 e. The molecule has 2 unspecified atom stereocenters. The molecule has 0 aromatic carbocycles. The van der Waals surface area contributed by atoms with Gasteiger partial charge in [0.25, 0.3) is 0 Å². The third kappa shape index (κ3) is 5.58. The Bertz CT molecular complexity index is 638. The largest absolute Gasteiger partial charge is 0.381 e. The highest BCUT2D eigenvalue weighted by atomic mass is 16.5. The van der Waals surface area contributed by atoms with E-state index in [2.05, 4.69) is 48.4 Å². The molecule has 3 rings (SSSR count). The van der Waals surface area contributed by atoms with Gasteiger partial charge in [-0.2, -0.15) is 0 Å². The van der Waals surface area contributed by atoms with Crippen molar-refractivity contribution in [2.24, 2.45) is 5.41 Å². The smallest absolute Gasteiger partial charge is 0.228 e. The van der Waals surface area contributed by atoms with Gasteiger partial charge in [-0.1, -0.05) is 5.16 Å². The Morgan fingerprint density at radius 2 is 2.17 bits per heavy atom. The molecule has 29 heavy (non-hydrogen) atoms. The van der Waals surface area contributed by atoms with E-state index in [1.165, 1.54) is 0 Å². The topological polar surface area (TPSA) is 79.6 Å². The Kier molecular flexibility index (Phi) is 7.71. The lowest BCUT2D eigenvalue weighted by Gasteiger charge is -2.36. The second-order valence-electron chi connectivity index (χ2n) is 9.20. The fourth-order valence-electron chi connectivity index (χ4n) is 4.70. The first-order valence-corrected chi connectivity index (χ1v) is 11.2. The zero-order valence-electron chi connectivity index (χ0n) is 18.5. The number of rotatable bonds is 9. The average Bonchev–Trinajstić information content (AvgIpc) is 3.36. The van der Waals surface area contributed by atoms with E-state index in [-0.39, 0.29) is 5.91 Å². The standard InChI is InChI=1S/C22H38N4O3/c1-16(2)26(17(3)4)10-9-24-21(27)22(7-5-8-23-15-22)13-19-12-20(25-29-19)18-6-11-28-14-18/h12,16-18,23H,5-11,13-15H2,1-4H3,(H,24,27). The summed E-state index contributed by atoms with van der Waals surface area (Å²) in [5.41, 5.74) is 0.489. The fourth-order valence-corrected chi connectivity index (χ4v) is 4.70. The van der Waals surface area contributed by atoms with Gasteiger partial charge in [-0.25, -0.2) is 0 Å². The van der Waals surface area contributed by atoms with Crippen LogP contribution in [0.4, 0.5) is 0 Å². The average molecular weight is 407 g/mol. The van der Waals surface area contributed by atoms with Crippen LogP contribution in [0.25, 0.3) is 0 Å². The lowest BCUT2D eigenvalue weighted by atomic mass is 9.76. The summed E-state index contributed by atoms with van der Waals surface area (Å²) in [5.74, 6) is 1.25. The Hall–Kier alpha value is -1.44. The molecule has 1 aromatic rings. The number of piperidine rings is 1. The van der Waals surface area contributed by atoms with Crippen molar-refractivity contribution in [1.82, 2.24) is 20.7 Å². The minimum absolute atomic E-state index is 0.124. The van der Waals surface area contributed by atoms with Crippen LogP contribution < -0.4 is 10.6 Å². The van der Waals surface area contributed by atoms with Crippen molar-refractivity contribution >= 4 is 5.91 Å². The van der Waals surface area contributed by atoms with Crippen molar-refractivity contribution in [3.8, 4) is 0 Å². The van der Waals surface area contributed by atoms with Crippen molar-refractivity contribution in [1.29, 1.82) is 0 Å². The molecule has 0 bridgehead atoms. The number of hydrogen-bond acceptors (Lipinski definition) is 6. The van der Waals surface area contributed by atoms with Gasteiger partial charge in [0.1, 0.15) is 5.76 Å². The van der Waals surface area contributed by atoms with Crippen molar-refractivity contribution in [3.05, 3.63) is 17.5 Å². The highest BCUT2D eigenvalue weighted by Crippen LogP contribution is 2.33. The first-order valence-electron chi connectivity index (χ1n) is 11.2. The molecular formula is C22H38N4O3. The van der Waals surface area contributed by atoms with Gasteiger partial charge >= 0.3 is 0 Å². The van der Waals surface area contributed by atoms with E-state index in [0.29, 0.717) is 44.1 Å². The molecule has 2 atom stereocenters. The summed E-state index contributed by atoms with van der Waals surface area (Å²) in [6, 6.07) is 2.95. The Labute approximate surface area is 174 Å². The number of amides is 1. The predicted octanol–water partition coefficient (Wildman–Crippen LogP) is 2.33. The second-order valence-corrected chi connectivity index (χ2v) is 9.20. The van der Waals surface area contributed by atoms with E-state index in [1.54, 1.807) is 0 Å². The van der Waals surface area contributed by atoms with Crippen LogP contribution in [0.5, 0.6) is 0 Å². The van der Waals surface area contributed by atoms with E-state index >= 15 is 0 Å². The number of aromatic nitrogens is 1. The van der Waals surface area contributed by atoms with E-state index in [4.69, 9.17) is 9.26 Å². The van der Waals surface area contributed by atoms with Crippen molar-refractivity contribution < 1.29 is 14.1 Å². The van der Waals surface area contributed by atoms with Gasteiger partial charge in [-0.15, -0.1) is 0 Å². The molecule has 2 N–H and O–H groups in total. The molecule has 7 heteroatoms. The van der Waals surface area contributed by atoms with E-state index in [9.17, 15) is 4.79 Å². The van der Waals surface area contributed by atoms with Crippen LogP contribution in [0, 0.1) is 5.41 Å². The quantitative estimate of drug-likeness (QED) is 0.655. The highest BCUT2D eigenvalue weighted by Gasteiger charge is 2.41. The van der Waals surface area contributed by atoms with E-state index < -0.39 is 5.41 Å². The number of ether oxygens (including phenoxy) is 1. The molecule has 1 aromatic heterocycles. The number of nitrogens with zero attached hydrogens (tertiary/aromatic N) is 2. The second kappa shape index (κ2) is 10.0. The molecule has 0 spiro atoms. The number of carbonyl (C=O) groups excluding carboxylic acids is 1. The summed E-state index contributed by atoms with van der Waals surface area (Å²) in [6.45, 7) is 13.5. The summed E-state index contributed by atoms with van der Waals surface area (Å²) >= 11 is 0. The molecule has 0 radical (unpaired) electrons. The molecule has 3 heterocycles. The Morgan fingerprint density at radius 3 is 2.79 bits per heavy atom. The zero-order chi connectivity index (χ0) is 20.9. The molecule has 164 valence electrons. The predicted molar refractivity (Wildman–Crippen MR) is 113 cm³/mol. The zero-order valence-corrected chi connectivity index (χ0v) is 18.5. The molecule has 2 aliphatic heterocycles. The van der Waals surface area contributed by atoms with Crippen LogP contribution in [0.2, 0.25) is 0 Å². The summed E-state index contributed by atoms with van der Waals surface area (Å²) in [6.07, 6.45) is 3.44. The molecule has 2 saturated heterocycles. The van der Waals surface area contributed by atoms with Crippen LogP contribution in [-0.2, 0) is 16.0 Å². The normalized spacial score (nSPS) is 25.3. The number of carbonyl (C=O) groups is 1. The monoisotopic (exact) mass is 406 g/mol. The van der Waals surface area contributed by atoms with Crippen molar-refractivity contribution in [2.75, 3.05) is 39.4 Å². The first kappa shape index (κ1) is 22.2. The Balaban J connectivity index is 1.62.